The molecule has 3 heterocycles. The van der Waals surface area contributed by atoms with Gasteiger partial charge in [-0.05, 0) is 24.4 Å². The average Bonchev–Trinajstić information content (AvgIpc) is 2.04. The molecule has 0 spiro atoms. The molecule has 4 heteroatoms. The van der Waals surface area contributed by atoms with Crippen molar-refractivity contribution in [3.63, 3.8) is 0 Å². The monoisotopic (exact) mass is 176 g/mol. The number of fused-ring (bicyclic) bond motifs is 2. The Morgan fingerprint density at radius 2 is 2.00 bits per heavy atom. The molecule has 0 aliphatic carbocycles. The third-order valence-electron chi connectivity index (χ3n) is 2.64. The van der Waals surface area contributed by atoms with E-state index in [4.69, 9.17) is 0 Å². The SMILES string of the molecule is CN1C2CC1CN(SS)C2. The smallest absolute Gasteiger partial charge is 0.0255 e. The molecular formula is C6H12N2S2. The summed E-state index contributed by atoms with van der Waals surface area (Å²) in [6.45, 7) is 2.39. The van der Waals surface area contributed by atoms with Crippen molar-refractivity contribution in [1.29, 1.82) is 0 Å². The molecule has 0 amide bonds. The molecule has 3 aliphatic heterocycles. The summed E-state index contributed by atoms with van der Waals surface area (Å²) in [6, 6.07) is 1.64. The highest BCUT2D eigenvalue weighted by atomic mass is 33.1. The van der Waals surface area contributed by atoms with Gasteiger partial charge in [-0.3, -0.25) is 4.90 Å². The van der Waals surface area contributed by atoms with Gasteiger partial charge in [-0.2, -0.15) is 0 Å². The first-order chi connectivity index (χ1) is 4.81. The molecule has 0 radical (unpaired) electrons. The Balaban J connectivity index is 1.93. The van der Waals surface area contributed by atoms with Gasteiger partial charge in [0.05, 0.1) is 0 Å². The normalized spacial score (nSPS) is 41.4. The summed E-state index contributed by atoms with van der Waals surface area (Å²) in [7, 11) is 3.80. The molecule has 3 fully saturated rings. The number of likely N-dealkylation sites (N-methyl/N-ethyl adjacent to an activating group) is 1. The third kappa shape index (κ3) is 0.978. The van der Waals surface area contributed by atoms with Crippen LogP contribution in [0.4, 0.5) is 0 Å². The third-order valence-corrected chi connectivity index (χ3v) is 3.86. The van der Waals surface area contributed by atoms with E-state index in [2.05, 4.69) is 27.9 Å². The largest absolute Gasteiger partial charge is 0.298 e. The van der Waals surface area contributed by atoms with Gasteiger partial charge in [0.15, 0.2) is 0 Å². The van der Waals surface area contributed by atoms with Gasteiger partial charge in [0.2, 0.25) is 0 Å². The number of nitrogens with zero attached hydrogens (tertiary/aromatic N) is 2. The van der Waals surface area contributed by atoms with Crippen LogP contribution in [0.1, 0.15) is 6.42 Å². The first kappa shape index (κ1) is 7.28. The van der Waals surface area contributed by atoms with Crippen LogP contribution in [0.3, 0.4) is 0 Å². The molecule has 3 saturated heterocycles. The van der Waals surface area contributed by atoms with Crippen LogP contribution in [-0.4, -0.2) is 41.4 Å². The van der Waals surface area contributed by atoms with Gasteiger partial charge in [0, 0.05) is 25.2 Å². The van der Waals surface area contributed by atoms with E-state index in [0.29, 0.717) is 0 Å². The van der Waals surface area contributed by atoms with Crippen LogP contribution in [0.25, 0.3) is 0 Å². The Hall–Kier alpha value is 0.620. The summed E-state index contributed by atoms with van der Waals surface area (Å²) in [6.07, 6.45) is 1.40. The van der Waals surface area contributed by atoms with Gasteiger partial charge in [-0.1, -0.05) is 11.7 Å². The van der Waals surface area contributed by atoms with Gasteiger partial charge >= 0.3 is 0 Å². The second-order valence-corrected chi connectivity index (χ2v) is 4.31. The van der Waals surface area contributed by atoms with Crippen molar-refractivity contribution in [3.8, 4) is 0 Å². The van der Waals surface area contributed by atoms with Crippen molar-refractivity contribution in [2.24, 2.45) is 0 Å². The van der Waals surface area contributed by atoms with Gasteiger partial charge in [0.25, 0.3) is 0 Å². The first-order valence-electron chi connectivity index (χ1n) is 3.59. The molecule has 10 heavy (non-hydrogen) atoms. The highest BCUT2D eigenvalue weighted by Gasteiger charge is 2.41. The second-order valence-electron chi connectivity index (χ2n) is 3.14. The predicted molar refractivity (Wildman–Crippen MR) is 48.1 cm³/mol. The van der Waals surface area contributed by atoms with Gasteiger partial charge < -0.3 is 0 Å². The van der Waals surface area contributed by atoms with E-state index in [1.54, 1.807) is 11.0 Å². The molecule has 2 unspecified atom stereocenters. The summed E-state index contributed by atoms with van der Waals surface area (Å²) < 4.78 is 2.34. The fraction of sp³-hybridized carbons (Fsp3) is 1.00. The van der Waals surface area contributed by atoms with Gasteiger partial charge in [0.1, 0.15) is 0 Å². The van der Waals surface area contributed by atoms with Crippen LogP contribution in [-0.2, 0) is 0 Å². The van der Waals surface area contributed by atoms with E-state index in [1.165, 1.54) is 19.5 Å². The average molecular weight is 176 g/mol. The van der Waals surface area contributed by atoms with E-state index >= 15 is 0 Å². The molecule has 3 rings (SSSR count). The molecule has 0 aromatic carbocycles. The van der Waals surface area contributed by atoms with E-state index in [-0.39, 0.29) is 0 Å². The van der Waals surface area contributed by atoms with Crippen molar-refractivity contribution in [2.45, 2.75) is 18.5 Å². The maximum absolute atomic E-state index is 4.18. The van der Waals surface area contributed by atoms with E-state index < -0.39 is 0 Å². The van der Waals surface area contributed by atoms with E-state index in [9.17, 15) is 0 Å². The highest BCUT2D eigenvalue weighted by Crippen LogP contribution is 2.33. The quantitative estimate of drug-likeness (QED) is 0.360. The second kappa shape index (κ2) is 2.59. The Morgan fingerprint density at radius 3 is 2.40 bits per heavy atom. The molecule has 2 atom stereocenters. The Labute approximate surface area is 70.9 Å². The van der Waals surface area contributed by atoms with Crippen molar-refractivity contribution in [3.05, 3.63) is 0 Å². The zero-order chi connectivity index (χ0) is 7.14. The zero-order valence-electron chi connectivity index (χ0n) is 6.03. The maximum Gasteiger partial charge on any atom is 0.0255 e. The summed E-state index contributed by atoms with van der Waals surface area (Å²) in [5.74, 6) is 0. The molecule has 2 bridgehead atoms. The van der Waals surface area contributed by atoms with Gasteiger partial charge in [-0.15, -0.1) is 0 Å². The molecule has 58 valence electrons. The zero-order valence-corrected chi connectivity index (χ0v) is 7.74. The molecular weight excluding hydrogens is 164 g/mol. The number of hydrogen-bond donors (Lipinski definition) is 1. The van der Waals surface area contributed by atoms with Crippen LogP contribution in [0.5, 0.6) is 0 Å². The molecule has 0 aromatic rings. The number of hydrogen-bond acceptors (Lipinski definition) is 4. The number of piperidine rings is 1. The van der Waals surface area contributed by atoms with Crippen LogP contribution in [0.15, 0.2) is 0 Å². The van der Waals surface area contributed by atoms with Crippen molar-refractivity contribution >= 4 is 22.6 Å². The topological polar surface area (TPSA) is 6.48 Å². The summed E-state index contributed by atoms with van der Waals surface area (Å²) in [5.41, 5.74) is 0. The van der Waals surface area contributed by atoms with Crippen LogP contribution in [0.2, 0.25) is 0 Å². The lowest BCUT2D eigenvalue weighted by molar-refractivity contribution is -0.0173. The summed E-state index contributed by atoms with van der Waals surface area (Å²) >= 11 is 4.18. The first-order valence-corrected chi connectivity index (χ1v) is 5.42. The standard InChI is InChI=1S/C6H12N2S2/c1-7-5-2-6(7)4-8(3-5)10-9/h5-6,9H,2-4H2,1H3. The van der Waals surface area contributed by atoms with Crippen molar-refractivity contribution in [2.75, 3.05) is 20.1 Å². The molecule has 0 aromatic heterocycles. The lowest BCUT2D eigenvalue weighted by Crippen LogP contribution is -2.65. The summed E-state index contributed by atoms with van der Waals surface area (Å²) in [5, 5.41) is 0. The molecule has 3 aliphatic rings. The molecule has 2 nitrogen and oxygen atoms in total. The fourth-order valence-corrected chi connectivity index (χ4v) is 2.70. The minimum atomic E-state index is 0.818. The number of piperazine rings is 1. The van der Waals surface area contributed by atoms with Crippen LogP contribution >= 0.6 is 22.6 Å². The predicted octanol–water partition coefficient (Wildman–Crippen LogP) is 0.868. The Morgan fingerprint density at radius 1 is 1.40 bits per heavy atom. The molecule has 0 N–H and O–H groups in total. The number of rotatable bonds is 1. The highest BCUT2D eigenvalue weighted by molar-refractivity contribution is 8.67. The summed E-state index contributed by atoms with van der Waals surface area (Å²) in [4.78, 5) is 2.47. The lowest BCUT2D eigenvalue weighted by Gasteiger charge is -2.54. The Kier molecular flexibility index (Phi) is 1.88. The minimum Gasteiger partial charge on any atom is -0.298 e. The molecule has 0 saturated carbocycles. The lowest BCUT2D eigenvalue weighted by atomic mass is 9.90. The Bertz CT molecular complexity index is 130. The fourth-order valence-electron chi connectivity index (χ4n) is 1.82. The van der Waals surface area contributed by atoms with Crippen LogP contribution in [0, 0.1) is 0 Å². The van der Waals surface area contributed by atoms with E-state index in [1.807, 2.05) is 0 Å². The van der Waals surface area contributed by atoms with Crippen molar-refractivity contribution < 1.29 is 0 Å². The van der Waals surface area contributed by atoms with E-state index in [0.717, 1.165) is 12.1 Å². The van der Waals surface area contributed by atoms with Gasteiger partial charge in [-0.25, -0.2) is 4.31 Å². The van der Waals surface area contributed by atoms with Crippen molar-refractivity contribution in [1.82, 2.24) is 9.21 Å². The minimum absolute atomic E-state index is 0.818. The maximum atomic E-state index is 4.18. The van der Waals surface area contributed by atoms with Crippen LogP contribution < -0.4 is 0 Å². The number of thiol groups is 1.